The summed E-state index contributed by atoms with van der Waals surface area (Å²) in [5, 5.41) is 2.57. The van der Waals surface area contributed by atoms with Crippen molar-refractivity contribution in [3.8, 4) is 32.0 Å². The maximum Gasteiger partial charge on any atom is 0.0551 e. The number of hydrogen-bond acceptors (Lipinski definition) is 4. The van der Waals surface area contributed by atoms with Crippen LogP contribution in [0.25, 0.3) is 52.2 Å². The molecule has 2 aromatic heterocycles. The molecule has 56 heavy (non-hydrogen) atoms. The zero-order chi connectivity index (χ0) is 37.3. The van der Waals surface area contributed by atoms with E-state index in [2.05, 4.69) is 216 Å². The van der Waals surface area contributed by atoms with Crippen LogP contribution in [-0.2, 0) is 0 Å². The molecular formula is C52H34N2S2. The Hall–Kier alpha value is -6.90. The summed E-state index contributed by atoms with van der Waals surface area (Å²) in [6, 6.07) is 80.0. The van der Waals surface area contributed by atoms with Gasteiger partial charge in [0.25, 0.3) is 0 Å². The molecule has 10 rings (SSSR count). The fourth-order valence-corrected chi connectivity index (χ4v) is 9.49. The van der Waals surface area contributed by atoms with Crippen molar-refractivity contribution >= 4 is 77.0 Å². The van der Waals surface area contributed by atoms with Gasteiger partial charge < -0.3 is 9.80 Å². The molecule has 0 saturated carbocycles. The van der Waals surface area contributed by atoms with Crippen molar-refractivity contribution < 1.29 is 0 Å². The summed E-state index contributed by atoms with van der Waals surface area (Å²) in [5.41, 5.74) is 11.3. The lowest BCUT2D eigenvalue weighted by Gasteiger charge is -2.26. The van der Waals surface area contributed by atoms with Crippen molar-refractivity contribution in [2.75, 3.05) is 9.80 Å². The van der Waals surface area contributed by atoms with Gasteiger partial charge in [-0.3, -0.25) is 0 Å². The zero-order valence-electron chi connectivity index (χ0n) is 30.3. The van der Waals surface area contributed by atoms with Crippen molar-refractivity contribution in [2.24, 2.45) is 0 Å². The van der Waals surface area contributed by atoms with Crippen LogP contribution in [0.3, 0.4) is 0 Å². The lowest BCUT2D eigenvalue weighted by atomic mass is 10.0. The van der Waals surface area contributed by atoms with Crippen molar-refractivity contribution in [1.29, 1.82) is 0 Å². The number of para-hydroxylation sites is 1. The number of anilines is 6. The van der Waals surface area contributed by atoms with Crippen molar-refractivity contribution in [1.82, 2.24) is 0 Å². The fourth-order valence-electron chi connectivity index (χ4n) is 7.35. The topological polar surface area (TPSA) is 6.48 Å². The molecule has 0 saturated heterocycles. The van der Waals surface area contributed by atoms with Crippen LogP contribution < -0.4 is 9.80 Å². The third-order valence-corrected chi connectivity index (χ3v) is 12.5. The van der Waals surface area contributed by atoms with E-state index in [0.717, 1.165) is 45.3 Å². The largest absolute Gasteiger partial charge is 0.311 e. The first kappa shape index (κ1) is 33.7. The molecule has 0 spiro atoms. The van der Waals surface area contributed by atoms with Gasteiger partial charge in [-0.1, -0.05) is 115 Å². The summed E-state index contributed by atoms with van der Waals surface area (Å²) in [6.45, 7) is 0. The first-order valence-electron chi connectivity index (χ1n) is 18.7. The van der Waals surface area contributed by atoms with E-state index >= 15 is 0 Å². The highest BCUT2D eigenvalue weighted by Gasteiger charge is 2.16. The number of nitrogens with zero attached hydrogens (tertiary/aromatic N) is 2. The van der Waals surface area contributed by atoms with Gasteiger partial charge in [0, 0.05) is 53.7 Å². The van der Waals surface area contributed by atoms with Gasteiger partial charge in [0.15, 0.2) is 0 Å². The summed E-state index contributed by atoms with van der Waals surface area (Å²) in [4.78, 5) is 7.15. The van der Waals surface area contributed by atoms with Crippen molar-refractivity contribution in [2.45, 2.75) is 0 Å². The molecule has 264 valence electrons. The minimum absolute atomic E-state index is 1.04. The van der Waals surface area contributed by atoms with Crippen LogP contribution in [0.15, 0.2) is 206 Å². The molecule has 0 aliphatic rings. The Morgan fingerprint density at radius 1 is 0.321 bits per heavy atom. The molecular weight excluding hydrogens is 717 g/mol. The average molecular weight is 751 g/mol. The van der Waals surface area contributed by atoms with Crippen LogP contribution in [0.5, 0.6) is 0 Å². The molecule has 0 aliphatic carbocycles. The summed E-state index contributed by atoms with van der Waals surface area (Å²) in [7, 11) is 0. The van der Waals surface area contributed by atoms with E-state index < -0.39 is 0 Å². The summed E-state index contributed by atoms with van der Waals surface area (Å²) >= 11 is 3.67. The van der Waals surface area contributed by atoms with E-state index in [0.29, 0.717) is 0 Å². The van der Waals surface area contributed by atoms with Crippen LogP contribution in [0.4, 0.5) is 34.1 Å². The third-order valence-electron chi connectivity index (χ3n) is 10.2. The molecule has 2 heterocycles. The van der Waals surface area contributed by atoms with E-state index in [9.17, 15) is 0 Å². The normalized spacial score (nSPS) is 11.1. The molecule has 0 radical (unpaired) electrons. The monoisotopic (exact) mass is 750 g/mol. The summed E-state index contributed by atoms with van der Waals surface area (Å²) in [5.74, 6) is 0. The van der Waals surface area contributed by atoms with E-state index in [1.807, 2.05) is 34.8 Å². The predicted molar refractivity (Wildman–Crippen MR) is 241 cm³/mol. The molecule has 0 amide bonds. The van der Waals surface area contributed by atoms with Crippen LogP contribution in [0.2, 0.25) is 0 Å². The molecule has 10 aromatic rings. The number of benzene rings is 7. The van der Waals surface area contributed by atoms with Gasteiger partial charge in [0.2, 0.25) is 0 Å². The molecule has 0 aliphatic heterocycles. The summed E-state index contributed by atoms with van der Waals surface area (Å²) < 4.78 is 2.62. The molecule has 8 aromatic carbocycles. The standard InChI is InChI=1S/C52H34N2S2/c1-3-13-43(14-4-1)53(47-31-23-39(24-32-47)51-35-41-11-7-9-17-49(41)55-51)45-27-19-37(20-28-45)38-21-29-46(30-22-38)54(44-15-5-2-6-16-44)48-33-25-40(26-34-48)52-36-42-12-8-10-18-50(42)56-52/h1,3-5,7-36H. The molecule has 0 fully saturated rings. The highest BCUT2D eigenvalue weighted by molar-refractivity contribution is 7.22. The second kappa shape index (κ2) is 14.7. The lowest BCUT2D eigenvalue weighted by Crippen LogP contribution is -2.09. The Labute approximate surface area is 335 Å². The van der Waals surface area contributed by atoms with Crippen LogP contribution in [0, 0.1) is 12.1 Å². The van der Waals surface area contributed by atoms with Gasteiger partial charge in [-0.25, -0.2) is 0 Å². The number of thiophene rings is 2. The van der Waals surface area contributed by atoms with Gasteiger partial charge in [-0.15, -0.1) is 22.7 Å². The Morgan fingerprint density at radius 2 is 0.714 bits per heavy atom. The van der Waals surface area contributed by atoms with Crippen LogP contribution >= 0.6 is 22.7 Å². The fraction of sp³-hybridized carbons (Fsp3) is 0. The van der Waals surface area contributed by atoms with Gasteiger partial charge >= 0.3 is 0 Å². The van der Waals surface area contributed by atoms with Crippen molar-refractivity contribution in [3.05, 3.63) is 218 Å². The van der Waals surface area contributed by atoms with Gasteiger partial charge in [-0.2, -0.15) is 0 Å². The quantitative estimate of drug-likeness (QED) is 0.145. The third kappa shape index (κ3) is 6.61. The minimum atomic E-state index is 1.04. The molecule has 2 nitrogen and oxygen atoms in total. The predicted octanol–water partition coefficient (Wildman–Crippen LogP) is 15.7. The molecule has 0 atom stereocenters. The number of rotatable bonds is 9. The van der Waals surface area contributed by atoms with E-state index in [1.54, 1.807) is 0 Å². The molecule has 0 unspecified atom stereocenters. The summed E-state index contributed by atoms with van der Waals surface area (Å²) in [6.07, 6.45) is 0. The zero-order valence-corrected chi connectivity index (χ0v) is 32.0. The highest BCUT2D eigenvalue weighted by atomic mass is 32.1. The Balaban J connectivity index is 0.925. The molecule has 4 heteroatoms. The smallest absolute Gasteiger partial charge is 0.0551 e. The lowest BCUT2D eigenvalue weighted by molar-refractivity contribution is 1.28. The Kier molecular flexibility index (Phi) is 8.85. The van der Waals surface area contributed by atoms with E-state index in [1.165, 1.54) is 41.1 Å². The van der Waals surface area contributed by atoms with E-state index in [-0.39, 0.29) is 0 Å². The highest BCUT2D eigenvalue weighted by Crippen LogP contribution is 2.41. The SMILES string of the molecule is c1ccc(N(c2ccc(-c3ccc(N(c4ccccc4)c4ccc(-c5cc6ccccc6s5)cc4)cc3)cc2)c2ccc(-c3cc4ccccc4s3)cc2)cc#1. The second-order valence-electron chi connectivity index (χ2n) is 13.7. The second-order valence-corrected chi connectivity index (χ2v) is 15.8. The van der Waals surface area contributed by atoms with Gasteiger partial charge in [-0.05, 0) is 130 Å². The average Bonchev–Trinajstić information content (AvgIpc) is 3.91. The maximum absolute atomic E-state index is 3.15. The first-order valence-corrected chi connectivity index (χ1v) is 20.3. The van der Waals surface area contributed by atoms with Gasteiger partial charge in [0.05, 0.1) is 5.69 Å². The Bertz CT molecular complexity index is 2610. The van der Waals surface area contributed by atoms with Crippen molar-refractivity contribution in [3.63, 3.8) is 0 Å². The van der Waals surface area contributed by atoms with Crippen LogP contribution in [0.1, 0.15) is 0 Å². The number of fused-ring (bicyclic) bond motifs is 2. The van der Waals surface area contributed by atoms with Gasteiger partial charge in [0.1, 0.15) is 0 Å². The van der Waals surface area contributed by atoms with E-state index in [4.69, 9.17) is 0 Å². The molecule has 0 bridgehead atoms. The first-order chi connectivity index (χ1) is 27.7. The maximum atomic E-state index is 3.15. The molecule has 0 N–H and O–H groups in total. The Morgan fingerprint density at radius 3 is 1.14 bits per heavy atom. The number of hydrogen-bond donors (Lipinski definition) is 0. The minimum Gasteiger partial charge on any atom is -0.311 e. The van der Waals surface area contributed by atoms with Crippen LogP contribution in [-0.4, -0.2) is 0 Å².